The Bertz CT molecular complexity index is 2460. The van der Waals surface area contributed by atoms with Crippen LogP contribution in [0.5, 0.6) is 0 Å². The summed E-state index contributed by atoms with van der Waals surface area (Å²) in [6.07, 6.45) is -63.1. The molecule has 35 atom stereocenters. The van der Waals surface area contributed by atoms with Gasteiger partial charge in [0, 0.05) is 26.7 Å². The fraction of sp³-hybridized carbons (Fsp3) is 0.945. The van der Waals surface area contributed by atoms with Gasteiger partial charge in [-0.3, -0.25) is 24.7 Å². The van der Waals surface area contributed by atoms with Crippen LogP contribution in [0, 0.1) is 0 Å². The summed E-state index contributed by atoms with van der Waals surface area (Å²) in [6.45, 7) is -8.56. The Kier molecular flexibility index (Phi) is 32.7. The van der Waals surface area contributed by atoms with Crippen molar-refractivity contribution in [1.29, 1.82) is 0 Å². The molecule has 7 rings (SSSR count). The number of carbonyl (C=O) groups is 3. The summed E-state index contributed by atoms with van der Waals surface area (Å²) < 4.78 is 78.7. The third-order valence-corrected chi connectivity index (χ3v) is 17.6. The number of likely N-dealkylation sites (N-methyl/N-ethyl adjacent to an activating group) is 1. The minimum Gasteiger partial charge on any atom is -0.394 e. The molecule has 45 nitrogen and oxygen atoms in total. The number of nitrogens with one attached hydrogen (secondary N) is 3. The van der Waals surface area contributed by atoms with Gasteiger partial charge in [0.25, 0.3) is 0 Å². The zero-order valence-electron chi connectivity index (χ0n) is 53.9. The van der Waals surface area contributed by atoms with Crippen molar-refractivity contribution in [2.75, 3.05) is 106 Å². The number of nitrogens with zero attached hydrogens (tertiary/aromatic N) is 2. The van der Waals surface area contributed by atoms with Crippen molar-refractivity contribution in [3.63, 3.8) is 0 Å². The fourth-order valence-corrected chi connectivity index (χ4v) is 11.6. The van der Waals surface area contributed by atoms with E-state index in [1.54, 1.807) is 0 Å². The Morgan fingerprint density at radius 2 is 0.670 bits per heavy atom. The quantitative estimate of drug-likeness (QED) is 0.0214. The summed E-state index contributed by atoms with van der Waals surface area (Å²) in [6, 6.07) is 0. The average molecular weight is 1470 g/mol. The van der Waals surface area contributed by atoms with Gasteiger partial charge in [0.1, 0.15) is 165 Å². The summed E-state index contributed by atoms with van der Waals surface area (Å²) in [4.78, 5) is 41.5. The van der Waals surface area contributed by atoms with Gasteiger partial charge < -0.3 is 194 Å². The molecule has 0 unspecified atom stereocenters. The van der Waals surface area contributed by atoms with Crippen LogP contribution in [0.25, 0.3) is 0 Å². The van der Waals surface area contributed by atoms with Crippen LogP contribution in [-0.2, 0) is 80.7 Å². The maximum atomic E-state index is 14.0. The van der Waals surface area contributed by atoms with E-state index in [1.807, 2.05) is 0 Å². The van der Waals surface area contributed by atoms with E-state index in [4.69, 9.17) is 66.3 Å². The molecule has 26 N–H and O–H groups in total. The number of amides is 3. The number of aliphatic hydroxyl groups excluding tert-OH is 23. The molecule has 7 aliphatic heterocycles. The van der Waals surface area contributed by atoms with E-state index in [0.29, 0.717) is 0 Å². The molecule has 100 heavy (non-hydrogen) atoms. The van der Waals surface area contributed by atoms with E-state index in [-0.39, 0.29) is 6.54 Å². The number of hydrazine groups is 1. The first-order valence-corrected chi connectivity index (χ1v) is 32.0. The van der Waals surface area contributed by atoms with Crippen molar-refractivity contribution >= 4 is 17.7 Å². The van der Waals surface area contributed by atoms with Crippen LogP contribution in [0.3, 0.4) is 0 Å². The molecule has 3 amide bonds. The highest BCUT2D eigenvalue weighted by atomic mass is 16.8. The second-order valence-electron chi connectivity index (χ2n) is 24.7. The van der Waals surface area contributed by atoms with Gasteiger partial charge in [0.15, 0.2) is 44.0 Å². The van der Waals surface area contributed by atoms with Crippen LogP contribution >= 0.6 is 0 Å². The molecule has 582 valence electrons. The third kappa shape index (κ3) is 20.9. The molecule has 0 aromatic carbocycles. The fourth-order valence-electron chi connectivity index (χ4n) is 11.6. The highest BCUT2D eigenvalue weighted by Gasteiger charge is 2.55. The molecule has 7 fully saturated rings. The van der Waals surface area contributed by atoms with Gasteiger partial charge in [-0.2, -0.15) is 0 Å². The van der Waals surface area contributed by atoms with Crippen LogP contribution in [-0.4, -0.2) is 466 Å². The van der Waals surface area contributed by atoms with Crippen LogP contribution in [0.1, 0.15) is 6.92 Å². The van der Waals surface area contributed by atoms with Crippen molar-refractivity contribution in [2.24, 2.45) is 0 Å². The van der Waals surface area contributed by atoms with Gasteiger partial charge in [-0.1, -0.05) is 0 Å². The molecular formula is C55H97N5O40. The Hall–Kier alpha value is -3.15. The maximum Gasteiger partial charge on any atom is 0.248 e. The van der Waals surface area contributed by atoms with Crippen LogP contribution < -0.4 is 16.1 Å². The van der Waals surface area contributed by atoms with Gasteiger partial charge in [-0.15, -0.1) is 0 Å². The normalized spacial score (nSPS) is 44.2. The molecular weight excluding hydrogens is 1370 g/mol. The highest BCUT2D eigenvalue weighted by Crippen LogP contribution is 2.34. The molecule has 0 radical (unpaired) electrons. The molecule has 0 saturated carbocycles. The van der Waals surface area contributed by atoms with Gasteiger partial charge >= 0.3 is 0 Å². The van der Waals surface area contributed by atoms with E-state index in [9.17, 15) is 132 Å². The van der Waals surface area contributed by atoms with E-state index in [2.05, 4.69) is 16.1 Å². The number of hydrogen-bond donors (Lipinski definition) is 26. The lowest BCUT2D eigenvalue weighted by Crippen LogP contribution is -2.65. The zero-order valence-corrected chi connectivity index (χ0v) is 53.9. The predicted octanol–water partition coefficient (Wildman–Crippen LogP) is -18.7. The summed E-state index contributed by atoms with van der Waals surface area (Å²) in [5.41, 5.74) is 2.53. The number of hydrogen-bond acceptors (Lipinski definition) is 42. The van der Waals surface area contributed by atoms with Crippen molar-refractivity contribution in [1.82, 2.24) is 26.0 Å². The zero-order chi connectivity index (χ0) is 73.7. The summed E-state index contributed by atoms with van der Waals surface area (Å²) in [7, 11) is 1.26. The van der Waals surface area contributed by atoms with E-state index in [0.717, 1.165) is 9.91 Å². The van der Waals surface area contributed by atoms with E-state index < -0.39 is 325 Å². The van der Waals surface area contributed by atoms with Gasteiger partial charge in [-0.05, 0) is 6.92 Å². The largest absolute Gasteiger partial charge is 0.394 e. The lowest BCUT2D eigenvalue weighted by Gasteiger charge is -2.46. The minimum atomic E-state index is -2.09. The first kappa shape index (κ1) is 84.1. The molecule has 0 aromatic rings. The Labute approximate surface area is 568 Å². The van der Waals surface area contributed by atoms with E-state index in [1.165, 1.54) is 14.0 Å². The number of rotatable bonds is 33. The predicted molar refractivity (Wildman–Crippen MR) is 312 cm³/mol. The number of ether oxygens (including phenoxy) is 14. The monoisotopic (exact) mass is 1470 g/mol. The smallest absolute Gasteiger partial charge is 0.248 e. The molecule has 0 aliphatic carbocycles. The number of aliphatic hydroxyl groups is 23. The second-order valence-corrected chi connectivity index (χ2v) is 24.7. The van der Waals surface area contributed by atoms with Crippen LogP contribution in [0.4, 0.5) is 0 Å². The van der Waals surface area contributed by atoms with Crippen molar-refractivity contribution in [3.05, 3.63) is 0 Å². The molecule has 7 saturated heterocycles. The van der Waals surface area contributed by atoms with E-state index >= 15 is 0 Å². The SMILES string of the molecule is CNC(=O)CN(CC(=O)NCCO[C@H]1O[C@H](CO[C@H]2O[C@H](CO)[C@@H](O)[C@H](O)[C@@H]2O)[C@@H](O)[C@H](O[C@H]2O[C@H](CO)[C@@H](O)[C@H](O)[C@@H]2O)[C@@H]1O)CC(=O)NN(CCO[C@@H]1O[C@@H](C)[C@@H](O)[C@@H](O)[C@@H]1O)CCO[C@H]1O[C@H](CO[C@H]2O[C@H](CO)[C@@H](O)[C@H](O)[C@@H]2O)[C@@H](O)[C@H](O[C@H]2O[C@H](CO)[C@@H](O)[C@H](O)[C@@H]2O)[C@@H]1O. The highest BCUT2D eigenvalue weighted by molar-refractivity contribution is 5.83. The van der Waals surface area contributed by atoms with Crippen molar-refractivity contribution < 1.29 is 198 Å². The van der Waals surface area contributed by atoms with Gasteiger partial charge in [0.05, 0.1) is 85.2 Å². The lowest BCUT2D eigenvalue weighted by atomic mass is 9.96. The second kappa shape index (κ2) is 38.9. The molecule has 7 heterocycles. The number of carbonyl (C=O) groups excluding carboxylic acids is 3. The topological polar surface area (TPSA) is 688 Å². The Morgan fingerprint density at radius 3 is 1.06 bits per heavy atom. The lowest BCUT2D eigenvalue weighted by molar-refractivity contribution is -0.366. The van der Waals surface area contributed by atoms with Crippen molar-refractivity contribution in [2.45, 2.75) is 222 Å². The first-order chi connectivity index (χ1) is 47.4. The third-order valence-electron chi connectivity index (χ3n) is 17.6. The Morgan fingerprint density at radius 1 is 0.350 bits per heavy atom. The van der Waals surface area contributed by atoms with Crippen LogP contribution in [0.2, 0.25) is 0 Å². The molecule has 45 heteroatoms. The van der Waals surface area contributed by atoms with Crippen molar-refractivity contribution in [3.8, 4) is 0 Å². The molecule has 0 aromatic heterocycles. The summed E-state index contributed by atoms with van der Waals surface area (Å²) in [5, 5.41) is 248. The average Bonchev–Trinajstić information content (AvgIpc) is 0.790. The van der Waals surface area contributed by atoms with Gasteiger partial charge in [-0.25, -0.2) is 5.01 Å². The maximum absolute atomic E-state index is 14.0. The first-order valence-electron chi connectivity index (χ1n) is 32.0. The molecule has 0 spiro atoms. The molecule has 7 aliphatic rings. The van der Waals surface area contributed by atoms with Gasteiger partial charge in [0.2, 0.25) is 17.7 Å². The van der Waals surface area contributed by atoms with Crippen LogP contribution in [0.15, 0.2) is 0 Å². The Balaban J connectivity index is 1.01. The molecule has 0 bridgehead atoms. The summed E-state index contributed by atoms with van der Waals surface area (Å²) in [5.74, 6) is -2.50. The summed E-state index contributed by atoms with van der Waals surface area (Å²) >= 11 is 0. The standard InChI is InChI=1S/C55H97N5O40/c1-18-28(68)35(75)40(80)49(92-18)88-7-4-60(5-8-89-53-46(86)48(100-55-44(84)39(79)32(72)22(15-64)96-55)34(74)24(98-53)17-91-51-42(82)37(77)30(70)20(13-62)94-51)58-27(67)11-59(9-25(65)56-2)10-26(66)57-3-6-87-52-45(85)47(99-54-43(83)38(78)31(71)21(14-63)95-54)33(73)23(97-52)16-90-50-41(81)36(76)29(69)19(12-61)93-50/h18-24,28-55,61-64,68-86H,3-17H2,1-2H3,(H,56,65)(H,57,66)(H,58,67)/t18-,19+,20+,21+,22+,23+,24+,28+,29+,30+,31+,32+,33+,34+,35+,36-,37-,38-,39-,40-,41-,42-,43-,44-,45-,46-,47-,48-,49+,50-,51-,52-,53-,54+,55+/m0/s1. The minimum absolute atomic E-state index is 0.360.